The third-order valence-corrected chi connectivity index (χ3v) is 6.71. The number of nitrogen functional groups attached to an aromatic ring is 1. The number of anilines is 1. The molecule has 1 aromatic heterocycles. The molecule has 0 bridgehead atoms. The molecule has 0 amide bonds. The molecule has 0 saturated heterocycles. The van der Waals surface area contributed by atoms with E-state index in [-0.39, 0.29) is 20.6 Å². The Morgan fingerprint density at radius 1 is 0.933 bits per heavy atom. The Kier molecular flexibility index (Phi) is 5.23. The van der Waals surface area contributed by atoms with Crippen molar-refractivity contribution in [2.75, 3.05) is 5.73 Å². The lowest BCUT2D eigenvalue weighted by atomic mass is 10.1. The van der Waals surface area contributed by atoms with E-state index in [2.05, 4.69) is 10.3 Å². The van der Waals surface area contributed by atoms with Gasteiger partial charge in [0.05, 0.1) is 15.6 Å². The number of nitrogens with two attached hydrogens (primary N) is 1. The van der Waals surface area contributed by atoms with Crippen molar-refractivity contribution in [2.24, 2.45) is 0 Å². The Morgan fingerprint density at radius 2 is 1.60 bits per heavy atom. The van der Waals surface area contributed by atoms with Crippen LogP contribution in [0.2, 0.25) is 10.0 Å². The molecule has 30 heavy (non-hydrogen) atoms. The summed E-state index contributed by atoms with van der Waals surface area (Å²) in [7, 11) is -4.17. The predicted octanol–water partition coefficient (Wildman–Crippen LogP) is 4.80. The fourth-order valence-corrected chi connectivity index (χ4v) is 4.98. The van der Waals surface area contributed by atoms with Gasteiger partial charge in [-0.1, -0.05) is 28.4 Å². The van der Waals surface area contributed by atoms with Gasteiger partial charge >= 0.3 is 0 Å². The van der Waals surface area contributed by atoms with Crippen LogP contribution < -0.4 is 5.73 Å². The topological polar surface area (TPSA) is 90.9 Å². The van der Waals surface area contributed by atoms with Gasteiger partial charge in [-0.3, -0.25) is 0 Å². The van der Waals surface area contributed by atoms with Crippen LogP contribution in [0.4, 0.5) is 10.1 Å². The summed E-state index contributed by atoms with van der Waals surface area (Å²) >= 11 is 12.0. The van der Waals surface area contributed by atoms with Crippen LogP contribution in [0.15, 0.2) is 76.7 Å². The van der Waals surface area contributed by atoms with E-state index in [0.29, 0.717) is 22.0 Å². The van der Waals surface area contributed by atoms with Crippen LogP contribution >= 0.6 is 23.2 Å². The molecular weight excluding hydrogens is 450 g/mol. The molecule has 1 heterocycles. The van der Waals surface area contributed by atoms with Gasteiger partial charge in [0.25, 0.3) is 0 Å². The number of sulfone groups is 1. The van der Waals surface area contributed by atoms with Crippen molar-refractivity contribution < 1.29 is 12.8 Å². The number of rotatable bonds is 4. The molecule has 10 heteroatoms. The van der Waals surface area contributed by atoms with Crippen molar-refractivity contribution in [1.82, 2.24) is 15.0 Å². The minimum absolute atomic E-state index is 0.0467. The van der Waals surface area contributed by atoms with Crippen LogP contribution in [-0.4, -0.2) is 23.4 Å². The minimum Gasteiger partial charge on any atom is -0.399 e. The second kappa shape index (κ2) is 7.71. The number of hydrogen-bond acceptors (Lipinski definition) is 5. The first-order valence-electron chi connectivity index (χ1n) is 8.55. The zero-order valence-electron chi connectivity index (χ0n) is 15.1. The summed E-state index contributed by atoms with van der Waals surface area (Å²) in [5.74, 6) is -0.463. The summed E-state index contributed by atoms with van der Waals surface area (Å²) in [5, 5.41) is 7.90. The highest BCUT2D eigenvalue weighted by Crippen LogP contribution is 2.35. The third-order valence-electron chi connectivity index (χ3n) is 4.33. The van der Waals surface area contributed by atoms with E-state index in [1.807, 2.05) is 0 Å². The van der Waals surface area contributed by atoms with Crippen molar-refractivity contribution in [3.63, 3.8) is 0 Å². The predicted molar refractivity (Wildman–Crippen MR) is 113 cm³/mol. The number of hydrogen-bond donors (Lipinski definition) is 1. The van der Waals surface area contributed by atoms with Crippen molar-refractivity contribution in [3.8, 4) is 16.9 Å². The molecule has 4 aromatic rings. The van der Waals surface area contributed by atoms with Crippen molar-refractivity contribution in [2.45, 2.75) is 9.92 Å². The Balaban J connectivity index is 1.98. The molecule has 4 rings (SSSR count). The van der Waals surface area contributed by atoms with E-state index >= 15 is 0 Å². The molecule has 0 radical (unpaired) electrons. The van der Waals surface area contributed by atoms with E-state index in [1.54, 1.807) is 24.3 Å². The highest BCUT2D eigenvalue weighted by molar-refractivity contribution is 7.91. The highest BCUT2D eigenvalue weighted by atomic mass is 35.5. The molecule has 0 atom stereocenters. The lowest BCUT2D eigenvalue weighted by Gasteiger charge is -2.10. The molecule has 0 aliphatic carbocycles. The van der Waals surface area contributed by atoms with Crippen molar-refractivity contribution in [1.29, 1.82) is 0 Å². The number of benzene rings is 3. The monoisotopic (exact) mass is 462 g/mol. The van der Waals surface area contributed by atoms with Gasteiger partial charge in [0.15, 0.2) is 0 Å². The number of nitrogens with zero attached hydrogens (tertiary/aromatic N) is 3. The Hall–Kier alpha value is -2.94. The first kappa shape index (κ1) is 20.3. The van der Waals surface area contributed by atoms with E-state index < -0.39 is 15.7 Å². The SMILES string of the molecule is Nc1ccc(-n2nnc(S(=O)(=O)c3ccc(Cl)cc3Cl)c2-c2ccc(F)cc2)cc1. The molecule has 0 aliphatic heterocycles. The van der Waals surface area contributed by atoms with E-state index in [9.17, 15) is 12.8 Å². The van der Waals surface area contributed by atoms with Crippen LogP contribution in [0, 0.1) is 5.82 Å². The standard InChI is InChI=1S/C20H13Cl2FN4O2S/c21-13-3-10-18(17(22)11-13)30(28,29)20-19(12-1-4-14(23)5-2-12)27(26-25-20)16-8-6-15(24)7-9-16/h1-11H,24H2. The quantitative estimate of drug-likeness (QED) is 0.440. The Labute approximate surface area is 181 Å². The van der Waals surface area contributed by atoms with E-state index in [0.717, 1.165) is 0 Å². The van der Waals surface area contributed by atoms with Gasteiger partial charge in [0.1, 0.15) is 11.5 Å². The lowest BCUT2D eigenvalue weighted by Crippen LogP contribution is -2.07. The second-order valence-electron chi connectivity index (χ2n) is 6.33. The Morgan fingerprint density at radius 3 is 2.23 bits per heavy atom. The number of aromatic nitrogens is 3. The summed E-state index contributed by atoms with van der Waals surface area (Å²) in [6, 6.07) is 16.0. The molecule has 0 aliphatic rings. The maximum atomic E-state index is 13.5. The maximum absolute atomic E-state index is 13.5. The molecule has 0 saturated carbocycles. The zero-order chi connectivity index (χ0) is 21.5. The summed E-state index contributed by atoms with van der Waals surface area (Å²) in [6.07, 6.45) is 0. The van der Waals surface area contributed by atoms with Crippen molar-refractivity contribution >= 4 is 38.7 Å². The molecule has 6 nitrogen and oxygen atoms in total. The fraction of sp³-hybridized carbons (Fsp3) is 0. The maximum Gasteiger partial charge on any atom is 0.229 e. The summed E-state index contributed by atoms with van der Waals surface area (Å²) in [4.78, 5) is -0.165. The van der Waals surface area contributed by atoms with Gasteiger partial charge in [-0.15, -0.1) is 5.10 Å². The molecule has 0 spiro atoms. The average Bonchev–Trinajstić information content (AvgIpc) is 3.15. The van der Waals surface area contributed by atoms with Crippen LogP contribution in [0.3, 0.4) is 0 Å². The molecule has 3 aromatic carbocycles. The summed E-state index contributed by atoms with van der Waals surface area (Å²) < 4.78 is 41.6. The summed E-state index contributed by atoms with van der Waals surface area (Å²) in [5.41, 5.74) is 7.36. The lowest BCUT2D eigenvalue weighted by molar-refractivity contribution is 0.592. The number of halogens is 3. The molecule has 152 valence electrons. The van der Waals surface area contributed by atoms with E-state index in [1.165, 1.54) is 47.1 Å². The fourth-order valence-electron chi connectivity index (χ4n) is 2.90. The largest absolute Gasteiger partial charge is 0.399 e. The minimum atomic E-state index is -4.17. The smallest absolute Gasteiger partial charge is 0.229 e. The van der Waals surface area contributed by atoms with Gasteiger partial charge in [-0.05, 0) is 66.7 Å². The zero-order valence-corrected chi connectivity index (χ0v) is 17.5. The first-order valence-corrected chi connectivity index (χ1v) is 10.8. The van der Waals surface area contributed by atoms with Gasteiger partial charge in [-0.25, -0.2) is 17.5 Å². The van der Waals surface area contributed by atoms with Gasteiger partial charge in [-0.2, -0.15) is 0 Å². The van der Waals surface area contributed by atoms with Gasteiger partial charge < -0.3 is 5.73 Å². The first-order chi connectivity index (χ1) is 14.3. The molecule has 0 fully saturated rings. The second-order valence-corrected chi connectivity index (χ2v) is 9.01. The molecule has 0 unspecified atom stereocenters. The molecule has 2 N–H and O–H groups in total. The van der Waals surface area contributed by atoms with Gasteiger partial charge in [0.2, 0.25) is 14.9 Å². The Bertz CT molecular complexity index is 1340. The van der Waals surface area contributed by atoms with Gasteiger partial charge in [0, 0.05) is 16.3 Å². The van der Waals surface area contributed by atoms with E-state index in [4.69, 9.17) is 28.9 Å². The van der Waals surface area contributed by atoms with Crippen LogP contribution in [0.5, 0.6) is 0 Å². The highest BCUT2D eigenvalue weighted by Gasteiger charge is 2.30. The summed E-state index contributed by atoms with van der Waals surface area (Å²) in [6.45, 7) is 0. The van der Waals surface area contributed by atoms with Crippen LogP contribution in [0.1, 0.15) is 0 Å². The normalized spacial score (nSPS) is 11.6. The van der Waals surface area contributed by atoms with Crippen LogP contribution in [0.25, 0.3) is 16.9 Å². The molecular formula is C20H13Cl2FN4O2S. The average molecular weight is 463 g/mol. The third kappa shape index (κ3) is 3.65. The van der Waals surface area contributed by atoms with Crippen molar-refractivity contribution in [3.05, 3.63) is 82.6 Å². The van der Waals surface area contributed by atoms with Crippen LogP contribution in [-0.2, 0) is 9.84 Å².